The predicted molar refractivity (Wildman–Crippen MR) is 87.3 cm³/mol. The molecule has 0 radical (unpaired) electrons. The Kier molecular flexibility index (Phi) is 4.79. The summed E-state index contributed by atoms with van der Waals surface area (Å²) in [5, 5.41) is 0. The molecule has 1 amide bonds. The van der Waals surface area contributed by atoms with Gasteiger partial charge in [0.2, 0.25) is 0 Å². The highest BCUT2D eigenvalue weighted by atomic mass is 16.2. The molecule has 2 aromatic rings. The number of carbonyl (C=O) groups is 1. The lowest BCUT2D eigenvalue weighted by Crippen LogP contribution is -2.23. The lowest BCUT2D eigenvalue weighted by molar-refractivity contribution is 0.0766. The average Bonchev–Trinajstić information content (AvgIpc) is 2.79. The normalized spacial score (nSPS) is 12.8. The molecule has 21 heavy (non-hydrogen) atoms. The second-order valence-electron chi connectivity index (χ2n) is 5.26. The SMILES string of the molecule is CC.Cc1cccc(CN2Cc3cccc(C)c3C2=O)c1. The van der Waals surface area contributed by atoms with Gasteiger partial charge in [-0.05, 0) is 30.5 Å². The number of amides is 1. The fourth-order valence-corrected chi connectivity index (χ4v) is 2.76. The minimum atomic E-state index is 0.162. The molecule has 1 heterocycles. The Hall–Kier alpha value is -2.09. The Morgan fingerprint density at radius 1 is 1.05 bits per heavy atom. The van der Waals surface area contributed by atoms with Crippen molar-refractivity contribution in [2.75, 3.05) is 0 Å². The first kappa shape index (κ1) is 15.3. The van der Waals surface area contributed by atoms with Crippen LogP contribution in [0.2, 0.25) is 0 Å². The Morgan fingerprint density at radius 2 is 1.76 bits per heavy atom. The van der Waals surface area contributed by atoms with E-state index in [2.05, 4.69) is 31.2 Å². The molecule has 2 nitrogen and oxygen atoms in total. The molecular formula is C19H23NO. The number of nitrogens with zero attached hydrogens (tertiary/aromatic N) is 1. The molecule has 3 rings (SSSR count). The second-order valence-corrected chi connectivity index (χ2v) is 5.26. The van der Waals surface area contributed by atoms with Crippen molar-refractivity contribution < 1.29 is 4.79 Å². The van der Waals surface area contributed by atoms with E-state index in [1.165, 1.54) is 11.1 Å². The largest absolute Gasteiger partial charge is 0.330 e. The van der Waals surface area contributed by atoms with E-state index in [1.54, 1.807) is 0 Å². The third-order valence-electron chi connectivity index (χ3n) is 3.68. The summed E-state index contributed by atoms with van der Waals surface area (Å²) in [4.78, 5) is 14.4. The summed E-state index contributed by atoms with van der Waals surface area (Å²) in [6.07, 6.45) is 0. The maximum atomic E-state index is 12.4. The number of aryl methyl sites for hydroxylation is 2. The monoisotopic (exact) mass is 281 g/mol. The number of carbonyl (C=O) groups excluding carboxylic acids is 1. The summed E-state index contributed by atoms with van der Waals surface area (Å²) >= 11 is 0. The van der Waals surface area contributed by atoms with Gasteiger partial charge in [-0.3, -0.25) is 4.79 Å². The molecule has 2 aromatic carbocycles. The van der Waals surface area contributed by atoms with Crippen molar-refractivity contribution in [1.29, 1.82) is 0 Å². The van der Waals surface area contributed by atoms with E-state index in [9.17, 15) is 4.79 Å². The lowest BCUT2D eigenvalue weighted by Gasteiger charge is -2.16. The standard InChI is InChI=1S/C17H17NO.C2H6/c1-12-5-3-7-14(9-12)10-18-11-15-8-4-6-13(2)16(15)17(18)19;1-2/h3-9H,10-11H2,1-2H3;1-2H3. The topological polar surface area (TPSA) is 20.3 Å². The molecule has 2 heteroatoms. The maximum absolute atomic E-state index is 12.4. The molecule has 1 aliphatic heterocycles. The Morgan fingerprint density at radius 3 is 2.43 bits per heavy atom. The van der Waals surface area contributed by atoms with Crippen LogP contribution in [0, 0.1) is 13.8 Å². The van der Waals surface area contributed by atoms with Crippen LogP contribution in [0.1, 0.15) is 46.5 Å². The van der Waals surface area contributed by atoms with Crippen LogP contribution in [0.25, 0.3) is 0 Å². The van der Waals surface area contributed by atoms with E-state index < -0.39 is 0 Å². The third-order valence-corrected chi connectivity index (χ3v) is 3.68. The zero-order chi connectivity index (χ0) is 15.4. The zero-order valence-corrected chi connectivity index (χ0v) is 13.3. The van der Waals surface area contributed by atoms with Crippen molar-refractivity contribution in [3.63, 3.8) is 0 Å². The fraction of sp³-hybridized carbons (Fsp3) is 0.316. The molecular weight excluding hydrogens is 258 g/mol. The molecule has 0 aliphatic carbocycles. The van der Waals surface area contributed by atoms with Crippen molar-refractivity contribution in [3.8, 4) is 0 Å². The van der Waals surface area contributed by atoms with Gasteiger partial charge in [-0.15, -0.1) is 0 Å². The van der Waals surface area contributed by atoms with Crippen LogP contribution in [0.5, 0.6) is 0 Å². The first-order valence-electron chi connectivity index (χ1n) is 7.58. The van der Waals surface area contributed by atoms with Gasteiger partial charge in [0.1, 0.15) is 0 Å². The molecule has 0 bridgehead atoms. The highest BCUT2D eigenvalue weighted by Crippen LogP contribution is 2.26. The van der Waals surface area contributed by atoms with Crippen molar-refractivity contribution in [2.24, 2.45) is 0 Å². The quantitative estimate of drug-likeness (QED) is 0.794. The van der Waals surface area contributed by atoms with Gasteiger partial charge in [0, 0.05) is 18.7 Å². The minimum absolute atomic E-state index is 0.162. The molecule has 0 saturated carbocycles. The molecule has 0 saturated heterocycles. The van der Waals surface area contributed by atoms with Crippen LogP contribution in [0.4, 0.5) is 0 Å². The Balaban J connectivity index is 0.000000774. The summed E-state index contributed by atoms with van der Waals surface area (Å²) < 4.78 is 0. The molecule has 0 aromatic heterocycles. The molecule has 0 unspecified atom stereocenters. The van der Waals surface area contributed by atoms with Crippen LogP contribution in [-0.2, 0) is 13.1 Å². The van der Waals surface area contributed by atoms with Crippen molar-refractivity contribution in [2.45, 2.75) is 40.8 Å². The lowest BCUT2D eigenvalue weighted by atomic mass is 10.0. The van der Waals surface area contributed by atoms with Gasteiger partial charge in [-0.2, -0.15) is 0 Å². The predicted octanol–water partition coefficient (Wildman–Crippen LogP) is 4.49. The van der Waals surface area contributed by atoms with E-state index in [-0.39, 0.29) is 5.91 Å². The smallest absolute Gasteiger partial charge is 0.255 e. The fourth-order valence-electron chi connectivity index (χ4n) is 2.76. The van der Waals surface area contributed by atoms with E-state index in [0.717, 1.165) is 23.2 Å². The van der Waals surface area contributed by atoms with Gasteiger partial charge in [0.25, 0.3) is 5.91 Å². The van der Waals surface area contributed by atoms with E-state index in [4.69, 9.17) is 0 Å². The molecule has 0 spiro atoms. The highest BCUT2D eigenvalue weighted by Gasteiger charge is 2.28. The number of rotatable bonds is 2. The van der Waals surface area contributed by atoms with Crippen LogP contribution in [-0.4, -0.2) is 10.8 Å². The molecule has 0 fully saturated rings. The molecule has 0 N–H and O–H groups in total. The summed E-state index contributed by atoms with van der Waals surface area (Å²) in [6.45, 7) is 9.50. The first-order valence-corrected chi connectivity index (χ1v) is 7.58. The third kappa shape index (κ3) is 3.15. The van der Waals surface area contributed by atoms with Crippen LogP contribution in [0.15, 0.2) is 42.5 Å². The number of hydrogen-bond donors (Lipinski definition) is 0. The van der Waals surface area contributed by atoms with Gasteiger partial charge in [-0.25, -0.2) is 0 Å². The van der Waals surface area contributed by atoms with E-state index >= 15 is 0 Å². The van der Waals surface area contributed by atoms with E-state index in [1.807, 2.05) is 43.9 Å². The van der Waals surface area contributed by atoms with Gasteiger partial charge >= 0.3 is 0 Å². The zero-order valence-electron chi connectivity index (χ0n) is 13.3. The minimum Gasteiger partial charge on any atom is -0.330 e. The van der Waals surface area contributed by atoms with Crippen LogP contribution < -0.4 is 0 Å². The van der Waals surface area contributed by atoms with Gasteiger partial charge in [0.05, 0.1) is 0 Å². The average molecular weight is 281 g/mol. The van der Waals surface area contributed by atoms with Crippen LogP contribution in [0.3, 0.4) is 0 Å². The van der Waals surface area contributed by atoms with Crippen molar-refractivity contribution in [1.82, 2.24) is 4.90 Å². The molecule has 110 valence electrons. The Bertz CT molecular complexity index is 646. The summed E-state index contributed by atoms with van der Waals surface area (Å²) in [5.74, 6) is 0.162. The van der Waals surface area contributed by atoms with Gasteiger partial charge in [-0.1, -0.05) is 61.9 Å². The summed E-state index contributed by atoms with van der Waals surface area (Å²) in [7, 11) is 0. The van der Waals surface area contributed by atoms with Crippen molar-refractivity contribution >= 4 is 5.91 Å². The highest BCUT2D eigenvalue weighted by molar-refractivity contribution is 5.99. The number of benzene rings is 2. The Labute approximate surface area is 127 Å². The van der Waals surface area contributed by atoms with E-state index in [0.29, 0.717) is 6.54 Å². The van der Waals surface area contributed by atoms with Gasteiger partial charge < -0.3 is 4.90 Å². The number of fused-ring (bicyclic) bond motifs is 1. The molecule has 1 aliphatic rings. The maximum Gasteiger partial charge on any atom is 0.255 e. The second kappa shape index (κ2) is 6.57. The number of hydrogen-bond acceptors (Lipinski definition) is 1. The van der Waals surface area contributed by atoms with Crippen molar-refractivity contribution in [3.05, 3.63) is 70.3 Å². The molecule has 0 atom stereocenters. The van der Waals surface area contributed by atoms with Gasteiger partial charge in [0.15, 0.2) is 0 Å². The summed E-state index contributed by atoms with van der Waals surface area (Å²) in [6, 6.07) is 14.4. The first-order chi connectivity index (χ1) is 10.1. The van der Waals surface area contributed by atoms with Crippen LogP contribution >= 0.6 is 0 Å². The summed E-state index contributed by atoms with van der Waals surface area (Å²) in [5.41, 5.74) is 5.55.